The molecule has 0 aromatic carbocycles. The molecule has 0 atom stereocenters. The molecule has 0 saturated carbocycles. The second-order valence-electron chi connectivity index (χ2n) is 6.45. The van der Waals surface area contributed by atoms with Gasteiger partial charge in [0.05, 0.1) is 0 Å². The normalized spacial score (nSPS) is 25.5. The molecular formula is C15H26N4O2. The zero-order valence-corrected chi connectivity index (χ0v) is 13.0. The van der Waals surface area contributed by atoms with Crippen LogP contribution < -0.4 is 0 Å². The molecule has 0 aromatic heterocycles. The Bertz CT molecular complexity index is 406. The van der Waals surface area contributed by atoms with Crippen molar-refractivity contribution in [1.29, 1.82) is 0 Å². The molecule has 0 aromatic rings. The molecule has 21 heavy (non-hydrogen) atoms. The highest BCUT2D eigenvalue weighted by Gasteiger charge is 2.33. The lowest BCUT2D eigenvalue weighted by atomic mass is 10.0. The van der Waals surface area contributed by atoms with Crippen molar-refractivity contribution in [3.63, 3.8) is 0 Å². The van der Waals surface area contributed by atoms with Crippen molar-refractivity contribution in [2.24, 2.45) is 0 Å². The van der Waals surface area contributed by atoms with E-state index in [0.29, 0.717) is 11.9 Å². The van der Waals surface area contributed by atoms with E-state index in [2.05, 4.69) is 4.90 Å². The van der Waals surface area contributed by atoms with E-state index in [1.54, 1.807) is 0 Å². The quantitative estimate of drug-likeness (QED) is 0.756. The largest absolute Gasteiger partial charge is 0.341 e. The van der Waals surface area contributed by atoms with Gasteiger partial charge in [0.25, 0.3) is 0 Å². The van der Waals surface area contributed by atoms with Gasteiger partial charge >= 0.3 is 6.03 Å². The van der Waals surface area contributed by atoms with Crippen LogP contribution >= 0.6 is 0 Å². The molecule has 0 N–H and O–H groups in total. The van der Waals surface area contributed by atoms with Gasteiger partial charge in [-0.2, -0.15) is 0 Å². The lowest BCUT2D eigenvalue weighted by Gasteiger charge is -2.36. The van der Waals surface area contributed by atoms with Crippen molar-refractivity contribution in [3.05, 3.63) is 0 Å². The fourth-order valence-electron chi connectivity index (χ4n) is 3.66. The number of hydrogen-bond acceptors (Lipinski definition) is 3. The molecule has 0 unspecified atom stereocenters. The molecule has 3 saturated heterocycles. The van der Waals surface area contributed by atoms with Crippen molar-refractivity contribution >= 4 is 11.9 Å². The average Bonchev–Trinajstić information content (AvgIpc) is 3.05. The summed E-state index contributed by atoms with van der Waals surface area (Å²) in [6.45, 7) is 6.60. The van der Waals surface area contributed by atoms with Gasteiger partial charge in [0.2, 0.25) is 5.91 Å². The second-order valence-corrected chi connectivity index (χ2v) is 6.45. The molecule has 118 valence electrons. The molecular weight excluding hydrogens is 268 g/mol. The van der Waals surface area contributed by atoms with Crippen LogP contribution in [0.3, 0.4) is 0 Å². The summed E-state index contributed by atoms with van der Waals surface area (Å²) >= 11 is 0. The van der Waals surface area contributed by atoms with Crippen molar-refractivity contribution in [1.82, 2.24) is 19.6 Å². The van der Waals surface area contributed by atoms with Crippen LogP contribution in [-0.4, -0.2) is 90.4 Å². The van der Waals surface area contributed by atoms with Crippen molar-refractivity contribution in [3.8, 4) is 0 Å². The van der Waals surface area contributed by atoms with E-state index < -0.39 is 0 Å². The predicted molar refractivity (Wildman–Crippen MR) is 80.0 cm³/mol. The number of likely N-dealkylation sites (N-methyl/N-ethyl adjacent to an activating group) is 1. The third-order valence-corrected chi connectivity index (χ3v) is 5.10. The minimum Gasteiger partial charge on any atom is -0.341 e. The summed E-state index contributed by atoms with van der Waals surface area (Å²) in [5.41, 5.74) is 0. The van der Waals surface area contributed by atoms with E-state index in [-0.39, 0.29) is 6.03 Å². The lowest BCUT2D eigenvalue weighted by molar-refractivity contribution is -0.127. The number of hydrogen-bond donors (Lipinski definition) is 0. The molecule has 6 nitrogen and oxygen atoms in total. The summed E-state index contributed by atoms with van der Waals surface area (Å²) in [7, 11) is 1.88. The van der Waals surface area contributed by atoms with E-state index in [9.17, 15) is 9.59 Å². The molecule has 3 heterocycles. The van der Waals surface area contributed by atoms with Crippen LogP contribution in [0.2, 0.25) is 0 Å². The summed E-state index contributed by atoms with van der Waals surface area (Å²) in [4.78, 5) is 31.9. The van der Waals surface area contributed by atoms with Crippen LogP contribution in [0, 0.1) is 0 Å². The van der Waals surface area contributed by atoms with Gasteiger partial charge in [0.15, 0.2) is 0 Å². The number of nitrogens with zero attached hydrogens (tertiary/aromatic N) is 4. The third kappa shape index (κ3) is 3.15. The maximum absolute atomic E-state index is 12.0. The Hall–Kier alpha value is -1.30. The molecule has 0 radical (unpaired) electrons. The highest BCUT2D eigenvalue weighted by Crippen LogP contribution is 2.20. The topological polar surface area (TPSA) is 47.1 Å². The Morgan fingerprint density at radius 3 is 2.33 bits per heavy atom. The van der Waals surface area contributed by atoms with Gasteiger partial charge in [-0.05, 0) is 19.3 Å². The van der Waals surface area contributed by atoms with E-state index in [1.165, 1.54) is 0 Å². The van der Waals surface area contributed by atoms with Crippen molar-refractivity contribution in [2.45, 2.75) is 31.7 Å². The molecule has 0 spiro atoms. The standard InChI is InChI=1S/C15H26N4O2/c1-16-9-12-19(15(16)21)13-4-7-17(8-5-13)10-11-18-6-2-3-14(18)20/h13H,2-12H2,1H3. The van der Waals surface area contributed by atoms with Crippen LogP contribution in [0.5, 0.6) is 0 Å². The molecule has 6 heteroatoms. The molecule has 0 bridgehead atoms. The Labute approximate surface area is 126 Å². The lowest BCUT2D eigenvalue weighted by Crippen LogP contribution is -2.47. The highest BCUT2D eigenvalue weighted by atomic mass is 16.2. The summed E-state index contributed by atoms with van der Waals surface area (Å²) in [6.07, 6.45) is 3.87. The summed E-state index contributed by atoms with van der Waals surface area (Å²) in [5.74, 6) is 0.315. The number of amides is 3. The molecule has 3 amide bonds. The fourth-order valence-corrected chi connectivity index (χ4v) is 3.66. The maximum Gasteiger partial charge on any atom is 0.320 e. The third-order valence-electron chi connectivity index (χ3n) is 5.10. The van der Waals surface area contributed by atoms with Crippen LogP contribution in [0.15, 0.2) is 0 Å². The van der Waals surface area contributed by atoms with Gasteiger partial charge in [0, 0.05) is 65.3 Å². The molecule has 0 aliphatic carbocycles. The average molecular weight is 294 g/mol. The number of rotatable bonds is 4. The van der Waals surface area contributed by atoms with Gasteiger partial charge in [-0.25, -0.2) is 4.79 Å². The minimum atomic E-state index is 0.191. The van der Waals surface area contributed by atoms with E-state index >= 15 is 0 Å². The first-order chi connectivity index (χ1) is 10.1. The summed E-state index contributed by atoms with van der Waals surface area (Å²) < 4.78 is 0. The zero-order valence-electron chi connectivity index (χ0n) is 13.0. The molecule has 3 rings (SSSR count). The molecule has 3 aliphatic heterocycles. The van der Waals surface area contributed by atoms with Crippen LogP contribution in [0.25, 0.3) is 0 Å². The second kappa shape index (κ2) is 6.22. The fraction of sp³-hybridized carbons (Fsp3) is 0.867. The van der Waals surface area contributed by atoms with E-state index in [1.807, 2.05) is 21.7 Å². The number of carbonyl (C=O) groups is 2. The van der Waals surface area contributed by atoms with Gasteiger partial charge in [-0.15, -0.1) is 0 Å². The maximum atomic E-state index is 12.0. The Kier molecular flexibility index (Phi) is 4.33. The summed E-state index contributed by atoms with van der Waals surface area (Å²) in [5, 5.41) is 0. The smallest absolute Gasteiger partial charge is 0.320 e. The number of carbonyl (C=O) groups excluding carboxylic acids is 2. The van der Waals surface area contributed by atoms with E-state index in [4.69, 9.17) is 0 Å². The van der Waals surface area contributed by atoms with Crippen LogP contribution in [0.1, 0.15) is 25.7 Å². The molecule has 3 fully saturated rings. The van der Waals surface area contributed by atoms with Crippen LogP contribution in [0.4, 0.5) is 4.79 Å². The summed E-state index contributed by atoms with van der Waals surface area (Å²) in [6, 6.07) is 0.600. The van der Waals surface area contributed by atoms with Gasteiger partial charge in [0.1, 0.15) is 0 Å². The van der Waals surface area contributed by atoms with Crippen molar-refractivity contribution < 1.29 is 9.59 Å². The SMILES string of the molecule is CN1CCN(C2CCN(CCN3CCCC3=O)CC2)C1=O. The number of urea groups is 1. The number of likely N-dealkylation sites (tertiary alicyclic amines) is 2. The first-order valence-electron chi connectivity index (χ1n) is 8.17. The van der Waals surface area contributed by atoms with Gasteiger partial charge in [-0.1, -0.05) is 0 Å². The Morgan fingerprint density at radius 1 is 1.00 bits per heavy atom. The Balaban J connectivity index is 1.41. The predicted octanol–water partition coefficient (Wildman–Crippen LogP) is 0.441. The molecule has 3 aliphatic rings. The van der Waals surface area contributed by atoms with E-state index in [0.717, 1.165) is 71.5 Å². The zero-order chi connectivity index (χ0) is 14.8. The van der Waals surface area contributed by atoms with Gasteiger partial charge < -0.3 is 19.6 Å². The first-order valence-corrected chi connectivity index (χ1v) is 8.17. The number of piperidine rings is 1. The van der Waals surface area contributed by atoms with Gasteiger partial charge in [-0.3, -0.25) is 4.79 Å². The monoisotopic (exact) mass is 294 g/mol. The van der Waals surface area contributed by atoms with Crippen molar-refractivity contribution in [2.75, 3.05) is 52.9 Å². The first kappa shape index (κ1) is 14.6. The van der Waals surface area contributed by atoms with Crippen LogP contribution in [-0.2, 0) is 4.79 Å². The highest BCUT2D eigenvalue weighted by molar-refractivity contribution is 5.78. The Morgan fingerprint density at radius 2 is 1.76 bits per heavy atom. The minimum absolute atomic E-state index is 0.191.